The number of ether oxygens (including phenoxy) is 1. The zero-order chi connectivity index (χ0) is 18.4. The summed E-state index contributed by atoms with van der Waals surface area (Å²) in [6, 6.07) is 3.04. The fourth-order valence-electron chi connectivity index (χ4n) is 2.74. The van der Waals surface area contributed by atoms with E-state index in [9.17, 15) is 13.2 Å². The van der Waals surface area contributed by atoms with E-state index in [2.05, 4.69) is 10.1 Å². The molecule has 9 nitrogen and oxygen atoms in total. The Kier molecular flexibility index (Phi) is 4.25. The lowest BCUT2D eigenvalue weighted by Gasteiger charge is -2.37. The molecule has 0 saturated carbocycles. The molecule has 1 saturated heterocycles. The Morgan fingerprint density at radius 1 is 1.36 bits per heavy atom. The summed E-state index contributed by atoms with van der Waals surface area (Å²) in [5, 5.41) is 4.16. The van der Waals surface area contributed by atoms with Crippen LogP contribution in [0.2, 0.25) is 0 Å². The standard InChI is InChI=1S/C15H19N5O4S/c1-9-14(10(2)19(3)18-9)25(22,23)20-7-12(8-20)24-11-4-5-17-13(6-11)15(16)21/h4-6,12H,7-8H2,1-3H3,(H2,16,21). The Hall–Kier alpha value is -2.46. The largest absolute Gasteiger partial charge is 0.488 e. The lowest BCUT2D eigenvalue weighted by atomic mass is 10.2. The Morgan fingerprint density at radius 2 is 2.04 bits per heavy atom. The fourth-order valence-corrected chi connectivity index (χ4v) is 4.64. The molecule has 2 N–H and O–H groups in total. The number of primary amides is 1. The van der Waals surface area contributed by atoms with Gasteiger partial charge in [0.1, 0.15) is 22.4 Å². The van der Waals surface area contributed by atoms with E-state index in [1.807, 2.05) is 0 Å². The van der Waals surface area contributed by atoms with Crippen molar-refractivity contribution in [3.05, 3.63) is 35.4 Å². The summed E-state index contributed by atoms with van der Waals surface area (Å²) < 4.78 is 34.1. The van der Waals surface area contributed by atoms with Crippen LogP contribution in [0.3, 0.4) is 0 Å². The smallest absolute Gasteiger partial charge is 0.267 e. The summed E-state index contributed by atoms with van der Waals surface area (Å²) in [4.78, 5) is 15.2. The van der Waals surface area contributed by atoms with Crippen LogP contribution in [0.25, 0.3) is 0 Å². The molecule has 1 amide bonds. The van der Waals surface area contributed by atoms with E-state index >= 15 is 0 Å². The van der Waals surface area contributed by atoms with Crippen molar-refractivity contribution in [3.8, 4) is 5.75 Å². The molecule has 0 aromatic carbocycles. The molecule has 2 aromatic heterocycles. The zero-order valence-electron chi connectivity index (χ0n) is 14.1. The van der Waals surface area contributed by atoms with Crippen LogP contribution in [0.5, 0.6) is 5.75 Å². The van der Waals surface area contributed by atoms with Gasteiger partial charge in [-0.15, -0.1) is 0 Å². The van der Waals surface area contributed by atoms with Crippen molar-refractivity contribution in [2.45, 2.75) is 24.8 Å². The number of rotatable bonds is 5. The van der Waals surface area contributed by atoms with Gasteiger partial charge in [-0.1, -0.05) is 0 Å². The summed E-state index contributed by atoms with van der Waals surface area (Å²) in [6.07, 6.45) is 1.13. The highest BCUT2D eigenvalue weighted by Gasteiger charge is 2.40. The molecule has 3 heterocycles. The normalized spacial score (nSPS) is 15.8. The molecule has 0 unspecified atom stereocenters. The number of hydrogen-bond donors (Lipinski definition) is 1. The van der Waals surface area contributed by atoms with Crippen LogP contribution in [0.1, 0.15) is 21.9 Å². The number of nitrogens with two attached hydrogens (primary N) is 1. The predicted octanol–water partition coefficient (Wildman–Crippen LogP) is -0.0173. The third-order valence-corrected chi connectivity index (χ3v) is 6.23. The minimum Gasteiger partial charge on any atom is -0.488 e. The van der Waals surface area contributed by atoms with Gasteiger partial charge >= 0.3 is 0 Å². The van der Waals surface area contributed by atoms with Crippen molar-refractivity contribution in [3.63, 3.8) is 0 Å². The van der Waals surface area contributed by atoms with Crippen LogP contribution >= 0.6 is 0 Å². The molecule has 10 heteroatoms. The highest BCUT2D eigenvalue weighted by atomic mass is 32.2. The van der Waals surface area contributed by atoms with Crippen LogP contribution in [-0.4, -0.2) is 52.6 Å². The summed E-state index contributed by atoms with van der Waals surface area (Å²) >= 11 is 0. The summed E-state index contributed by atoms with van der Waals surface area (Å²) in [5.41, 5.74) is 6.36. The number of sulfonamides is 1. The van der Waals surface area contributed by atoms with Crippen molar-refractivity contribution in [2.75, 3.05) is 13.1 Å². The molecule has 3 rings (SSSR count). The summed E-state index contributed by atoms with van der Waals surface area (Å²) in [6.45, 7) is 3.85. The first kappa shape index (κ1) is 17.4. The average Bonchev–Trinajstić information content (AvgIpc) is 2.75. The van der Waals surface area contributed by atoms with Gasteiger partial charge in [0.2, 0.25) is 10.0 Å². The van der Waals surface area contributed by atoms with Gasteiger partial charge in [0.15, 0.2) is 0 Å². The Labute approximate surface area is 145 Å². The second kappa shape index (κ2) is 6.12. The minimum absolute atomic E-state index is 0.0999. The molecule has 25 heavy (non-hydrogen) atoms. The number of hydrogen-bond acceptors (Lipinski definition) is 6. The van der Waals surface area contributed by atoms with E-state index in [0.717, 1.165) is 0 Å². The Bertz CT molecular complexity index is 931. The molecule has 0 radical (unpaired) electrons. The lowest BCUT2D eigenvalue weighted by molar-refractivity contribution is 0.0758. The first-order chi connectivity index (χ1) is 11.7. The van der Waals surface area contributed by atoms with Gasteiger partial charge in [0.25, 0.3) is 5.91 Å². The second-order valence-electron chi connectivity index (χ2n) is 5.93. The summed E-state index contributed by atoms with van der Waals surface area (Å²) in [7, 11) is -1.89. The van der Waals surface area contributed by atoms with Crippen molar-refractivity contribution in [1.82, 2.24) is 19.1 Å². The Morgan fingerprint density at radius 3 is 2.60 bits per heavy atom. The molecule has 0 spiro atoms. The van der Waals surface area contributed by atoms with Gasteiger partial charge in [-0.3, -0.25) is 14.5 Å². The molecular formula is C15H19N5O4S. The quantitative estimate of drug-likeness (QED) is 0.795. The SMILES string of the molecule is Cc1nn(C)c(C)c1S(=O)(=O)N1CC(Oc2ccnc(C(N)=O)c2)C1. The van der Waals surface area contributed by atoms with Crippen molar-refractivity contribution in [1.29, 1.82) is 0 Å². The number of aryl methyl sites for hydroxylation is 2. The van der Waals surface area contributed by atoms with Gasteiger partial charge in [-0.05, 0) is 19.9 Å². The number of aromatic nitrogens is 3. The zero-order valence-corrected chi connectivity index (χ0v) is 14.9. The predicted molar refractivity (Wildman–Crippen MR) is 88.6 cm³/mol. The maximum absolute atomic E-state index is 12.8. The summed E-state index contributed by atoms with van der Waals surface area (Å²) in [5.74, 6) is -0.217. The number of pyridine rings is 1. The molecule has 1 aliphatic heterocycles. The van der Waals surface area contributed by atoms with E-state index in [0.29, 0.717) is 17.1 Å². The van der Waals surface area contributed by atoms with Gasteiger partial charge < -0.3 is 10.5 Å². The van der Waals surface area contributed by atoms with Gasteiger partial charge in [0.05, 0.1) is 24.5 Å². The van der Waals surface area contributed by atoms with Gasteiger partial charge in [-0.25, -0.2) is 8.42 Å². The molecule has 1 fully saturated rings. The van der Waals surface area contributed by atoms with Crippen molar-refractivity contribution < 1.29 is 17.9 Å². The van der Waals surface area contributed by atoms with Gasteiger partial charge in [0, 0.05) is 19.3 Å². The molecule has 0 bridgehead atoms. The first-order valence-electron chi connectivity index (χ1n) is 7.63. The van der Waals surface area contributed by atoms with Gasteiger partial charge in [-0.2, -0.15) is 9.40 Å². The minimum atomic E-state index is -3.61. The first-order valence-corrected chi connectivity index (χ1v) is 9.07. The van der Waals surface area contributed by atoms with Crippen LogP contribution in [-0.2, 0) is 17.1 Å². The highest BCUT2D eigenvalue weighted by molar-refractivity contribution is 7.89. The molecule has 0 atom stereocenters. The molecule has 134 valence electrons. The monoisotopic (exact) mass is 365 g/mol. The van der Waals surface area contributed by atoms with Crippen LogP contribution in [0.4, 0.5) is 0 Å². The molecule has 2 aromatic rings. The van der Waals surface area contributed by atoms with E-state index in [-0.39, 0.29) is 29.8 Å². The second-order valence-corrected chi connectivity index (χ2v) is 7.80. The van der Waals surface area contributed by atoms with E-state index in [4.69, 9.17) is 10.5 Å². The molecule has 0 aliphatic carbocycles. The topological polar surface area (TPSA) is 120 Å². The number of carbonyl (C=O) groups is 1. The van der Waals surface area contributed by atoms with E-state index in [1.54, 1.807) is 31.6 Å². The highest BCUT2D eigenvalue weighted by Crippen LogP contribution is 2.28. The number of amides is 1. The maximum Gasteiger partial charge on any atom is 0.267 e. The fraction of sp³-hybridized carbons (Fsp3) is 0.400. The third kappa shape index (κ3) is 3.10. The average molecular weight is 365 g/mol. The Balaban J connectivity index is 1.70. The maximum atomic E-state index is 12.8. The lowest BCUT2D eigenvalue weighted by Crippen LogP contribution is -2.56. The van der Waals surface area contributed by atoms with Crippen LogP contribution in [0.15, 0.2) is 23.2 Å². The number of carbonyl (C=O) groups excluding carboxylic acids is 1. The number of nitrogens with zero attached hydrogens (tertiary/aromatic N) is 4. The van der Waals surface area contributed by atoms with Crippen molar-refractivity contribution in [2.24, 2.45) is 12.8 Å². The van der Waals surface area contributed by atoms with E-state index < -0.39 is 15.9 Å². The molecule has 1 aliphatic rings. The third-order valence-electron chi connectivity index (χ3n) is 4.14. The molecular weight excluding hydrogens is 346 g/mol. The van der Waals surface area contributed by atoms with Crippen LogP contribution in [0, 0.1) is 13.8 Å². The van der Waals surface area contributed by atoms with E-state index in [1.165, 1.54) is 16.6 Å². The van der Waals surface area contributed by atoms with Crippen LogP contribution < -0.4 is 10.5 Å². The van der Waals surface area contributed by atoms with Crippen molar-refractivity contribution >= 4 is 15.9 Å².